The van der Waals surface area contributed by atoms with E-state index in [-0.39, 0.29) is 24.9 Å². The molecule has 3 atom stereocenters. The van der Waals surface area contributed by atoms with Gasteiger partial charge in [0, 0.05) is 6.42 Å². The highest BCUT2D eigenvalue weighted by atomic mass is 16.5. The summed E-state index contributed by atoms with van der Waals surface area (Å²) in [7, 11) is 0. The summed E-state index contributed by atoms with van der Waals surface area (Å²) >= 11 is 0. The van der Waals surface area contributed by atoms with E-state index in [1.807, 2.05) is 6.08 Å². The molecule has 0 aliphatic heterocycles. The van der Waals surface area contributed by atoms with Crippen molar-refractivity contribution >= 4 is 11.9 Å². The molecule has 1 amide bonds. The summed E-state index contributed by atoms with van der Waals surface area (Å²) in [5.74, 6) is -0.639. The number of aliphatic hydroxyl groups excluding tert-OH is 2. The third-order valence-electron chi connectivity index (χ3n) is 11.5. The van der Waals surface area contributed by atoms with E-state index in [0.29, 0.717) is 19.3 Å². The Morgan fingerprint density at radius 3 is 1.39 bits per heavy atom. The molecule has 6 heteroatoms. The van der Waals surface area contributed by atoms with E-state index in [9.17, 15) is 19.8 Å². The smallest absolute Gasteiger partial charge is 0.306 e. The Kier molecular flexibility index (Phi) is 47.2. The Balaban J connectivity index is 4.66. The molecule has 0 saturated carbocycles. The molecule has 0 aromatic rings. The molecule has 0 rings (SSSR count). The second kappa shape index (κ2) is 49.3. The zero-order chi connectivity index (χ0) is 45.2. The van der Waals surface area contributed by atoms with Crippen molar-refractivity contribution in [2.75, 3.05) is 6.61 Å². The molecule has 0 aromatic carbocycles. The summed E-state index contributed by atoms with van der Waals surface area (Å²) in [5, 5.41) is 23.7. The van der Waals surface area contributed by atoms with Crippen LogP contribution in [-0.4, -0.2) is 46.9 Å². The van der Waals surface area contributed by atoms with Crippen LogP contribution in [0, 0.1) is 0 Å². The summed E-state index contributed by atoms with van der Waals surface area (Å²) in [4.78, 5) is 26.0. The van der Waals surface area contributed by atoms with Crippen LogP contribution in [0.5, 0.6) is 0 Å². The first kappa shape index (κ1) is 59.3. The molecule has 0 aromatic heterocycles. The van der Waals surface area contributed by atoms with Crippen LogP contribution in [0.25, 0.3) is 0 Å². The SMILES string of the molecule is CC/C=C/C/C=C/C/C=C/C/C=C/C/C=C/C(CC(=O)NC(CO)C(O)CCCCCCCCCCCCCCCCCCC)OC(=O)CCCCCCC/C=C\CCCCC. The Morgan fingerprint density at radius 2 is 0.903 bits per heavy atom. The van der Waals surface area contributed by atoms with Crippen molar-refractivity contribution in [3.63, 3.8) is 0 Å². The van der Waals surface area contributed by atoms with E-state index in [4.69, 9.17) is 4.74 Å². The number of aliphatic hydroxyl groups is 2. The highest BCUT2D eigenvalue weighted by Crippen LogP contribution is 2.16. The first-order chi connectivity index (χ1) is 30.5. The third-order valence-corrected chi connectivity index (χ3v) is 11.5. The number of carbonyl (C=O) groups excluding carboxylic acids is 2. The van der Waals surface area contributed by atoms with Gasteiger partial charge in [-0.05, 0) is 76.7 Å². The van der Waals surface area contributed by atoms with Crippen molar-refractivity contribution in [1.29, 1.82) is 0 Å². The van der Waals surface area contributed by atoms with Gasteiger partial charge < -0.3 is 20.3 Å². The molecule has 0 aliphatic carbocycles. The predicted molar refractivity (Wildman–Crippen MR) is 268 cm³/mol. The summed E-state index contributed by atoms with van der Waals surface area (Å²) in [5.41, 5.74) is 0. The fraction of sp³-hybridized carbons (Fsp3) is 0.750. The normalized spacial score (nSPS) is 13.8. The molecule has 0 spiro atoms. The highest BCUT2D eigenvalue weighted by Gasteiger charge is 2.23. The van der Waals surface area contributed by atoms with Crippen molar-refractivity contribution in [3.8, 4) is 0 Å². The molecule has 3 N–H and O–H groups in total. The molecule has 0 bridgehead atoms. The zero-order valence-corrected chi connectivity index (χ0v) is 40.7. The number of hydrogen-bond acceptors (Lipinski definition) is 5. The van der Waals surface area contributed by atoms with Crippen molar-refractivity contribution in [2.45, 2.75) is 264 Å². The van der Waals surface area contributed by atoms with Crippen molar-refractivity contribution in [2.24, 2.45) is 0 Å². The summed E-state index contributed by atoms with van der Waals surface area (Å²) in [6, 6.07) is -0.746. The molecule has 0 heterocycles. The number of nitrogens with one attached hydrogen (secondary N) is 1. The molecular weight excluding hydrogens is 767 g/mol. The second-order valence-corrected chi connectivity index (χ2v) is 17.5. The van der Waals surface area contributed by atoms with Gasteiger partial charge in [-0.25, -0.2) is 0 Å². The molecule has 0 saturated heterocycles. The highest BCUT2D eigenvalue weighted by molar-refractivity contribution is 5.78. The van der Waals surface area contributed by atoms with Crippen molar-refractivity contribution < 1.29 is 24.5 Å². The number of hydrogen-bond donors (Lipinski definition) is 3. The Labute approximate surface area is 383 Å². The number of unbranched alkanes of at least 4 members (excludes halogenated alkanes) is 24. The zero-order valence-electron chi connectivity index (χ0n) is 40.7. The number of esters is 1. The Bertz CT molecular complexity index is 1150. The first-order valence-corrected chi connectivity index (χ1v) is 26.2. The van der Waals surface area contributed by atoms with E-state index in [1.165, 1.54) is 122 Å². The molecule has 358 valence electrons. The minimum absolute atomic E-state index is 0.0508. The summed E-state index contributed by atoms with van der Waals surface area (Å²) < 4.78 is 5.81. The van der Waals surface area contributed by atoms with E-state index in [0.717, 1.165) is 77.0 Å². The average Bonchev–Trinajstić information content (AvgIpc) is 3.26. The van der Waals surface area contributed by atoms with Crippen molar-refractivity contribution in [3.05, 3.63) is 72.9 Å². The largest absolute Gasteiger partial charge is 0.458 e. The summed E-state index contributed by atoms with van der Waals surface area (Å²) in [6.45, 7) is 6.31. The van der Waals surface area contributed by atoms with E-state index >= 15 is 0 Å². The maximum atomic E-state index is 13.2. The fourth-order valence-corrected chi connectivity index (χ4v) is 7.56. The minimum Gasteiger partial charge on any atom is -0.458 e. The molecule has 62 heavy (non-hydrogen) atoms. The van der Waals surface area contributed by atoms with Gasteiger partial charge in [0.05, 0.1) is 25.2 Å². The van der Waals surface area contributed by atoms with Crippen LogP contribution in [0.1, 0.15) is 245 Å². The number of allylic oxidation sites excluding steroid dienone is 11. The summed E-state index contributed by atoms with van der Waals surface area (Å²) in [6.07, 6.45) is 62.8. The monoisotopic (exact) mass is 866 g/mol. The van der Waals surface area contributed by atoms with Gasteiger partial charge in [-0.3, -0.25) is 9.59 Å². The molecule has 0 fully saturated rings. The van der Waals surface area contributed by atoms with Gasteiger partial charge in [-0.1, -0.05) is 229 Å². The van der Waals surface area contributed by atoms with Crippen LogP contribution in [0.2, 0.25) is 0 Å². The van der Waals surface area contributed by atoms with Crippen LogP contribution in [0.15, 0.2) is 72.9 Å². The predicted octanol–water partition coefficient (Wildman–Crippen LogP) is 15.8. The number of rotatable bonds is 46. The molecule has 6 nitrogen and oxygen atoms in total. The lowest BCUT2D eigenvalue weighted by atomic mass is 10.0. The van der Waals surface area contributed by atoms with Gasteiger partial charge in [-0.15, -0.1) is 0 Å². The van der Waals surface area contributed by atoms with E-state index in [1.54, 1.807) is 6.08 Å². The van der Waals surface area contributed by atoms with Gasteiger partial charge in [-0.2, -0.15) is 0 Å². The van der Waals surface area contributed by atoms with Gasteiger partial charge in [0.2, 0.25) is 5.91 Å². The standard InChI is InChI=1S/C56H99NO5/c1-4-7-10-13-16-19-22-25-27-28-29-31-33-36-39-42-45-48-54(59)53(51-58)57-55(60)50-52(47-44-41-38-35-32-30-26-23-20-17-14-11-8-5-2)62-56(61)49-46-43-40-37-34-24-21-18-15-12-9-6-3/h8,11,17-18,20-21,26,30,35,38,44,47,52-54,58-59H,4-7,9-10,12-16,19,22-25,27-29,31-34,36-37,39-43,45-46,48-51H2,1-3H3,(H,57,60)/b11-8+,20-17+,21-18-,30-26+,38-35+,47-44+. The van der Waals surface area contributed by atoms with Gasteiger partial charge in [0.15, 0.2) is 0 Å². The van der Waals surface area contributed by atoms with Crippen LogP contribution in [0.4, 0.5) is 0 Å². The van der Waals surface area contributed by atoms with Gasteiger partial charge >= 0.3 is 5.97 Å². The van der Waals surface area contributed by atoms with E-state index < -0.39 is 18.2 Å². The molecule has 3 unspecified atom stereocenters. The van der Waals surface area contributed by atoms with Crippen LogP contribution in [0.3, 0.4) is 0 Å². The lowest BCUT2D eigenvalue weighted by Gasteiger charge is -2.23. The number of carbonyl (C=O) groups is 2. The lowest BCUT2D eigenvalue weighted by Crippen LogP contribution is -2.46. The van der Waals surface area contributed by atoms with Crippen LogP contribution < -0.4 is 5.32 Å². The van der Waals surface area contributed by atoms with Crippen molar-refractivity contribution in [1.82, 2.24) is 5.32 Å². The minimum atomic E-state index is -0.822. The maximum absolute atomic E-state index is 13.2. The molecular formula is C56H99NO5. The van der Waals surface area contributed by atoms with Crippen LogP contribution >= 0.6 is 0 Å². The topological polar surface area (TPSA) is 95.9 Å². The number of amides is 1. The second-order valence-electron chi connectivity index (χ2n) is 17.5. The van der Waals surface area contributed by atoms with Crippen LogP contribution in [-0.2, 0) is 14.3 Å². The molecule has 0 radical (unpaired) electrons. The third kappa shape index (κ3) is 43.9. The fourth-order valence-electron chi connectivity index (χ4n) is 7.56. The lowest BCUT2D eigenvalue weighted by molar-refractivity contribution is -0.148. The quantitative estimate of drug-likeness (QED) is 0.0322. The number of ether oxygens (including phenoxy) is 1. The van der Waals surface area contributed by atoms with Gasteiger partial charge in [0.1, 0.15) is 6.10 Å². The van der Waals surface area contributed by atoms with E-state index in [2.05, 4.69) is 86.8 Å². The maximum Gasteiger partial charge on any atom is 0.306 e. The Hall–Kier alpha value is -2.70. The average molecular weight is 866 g/mol. The molecule has 0 aliphatic rings. The first-order valence-electron chi connectivity index (χ1n) is 26.2. The van der Waals surface area contributed by atoms with Gasteiger partial charge in [0.25, 0.3) is 0 Å². The Morgan fingerprint density at radius 1 is 0.500 bits per heavy atom.